The van der Waals surface area contributed by atoms with E-state index in [0.29, 0.717) is 19.3 Å². The molecular weight excluding hydrogens is 697 g/mol. The number of allylic oxidation sites excluding steroid dienone is 17. The van der Waals surface area contributed by atoms with Gasteiger partial charge in [0, 0.05) is 12.8 Å². The molecule has 0 aromatic rings. The maximum Gasteiger partial charge on any atom is 0.309 e. The molecule has 1 unspecified atom stereocenters. The van der Waals surface area contributed by atoms with Gasteiger partial charge in [0.2, 0.25) is 0 Å². The molecule has 56 heavy (non-hydrogen) atoms. The summed E-state index contributed by atoms with van der Waals surface area (Å²) in [4.78, 5) is 37.5. The molecule has 314 valence electrons. The van der Waals surface area contributed by atoms with Crippen LogP contribution in [-0.4, -0.2) is 37.2 Å². The summed E-state index contributed by atoms with van der Waals surface area (Å²) in [5.41, 5.74) is 0. The van der Waals surface area contributed by atoms with Crippen molar-refractivity contribution in [3.05, 3.63) is 109 Å². The van der Waals surface area contributed by atoms with Crippen molar-refractivity contribution in [1.82, 2.24) is 0 Å². The standard InChI is InChI=1S/C50H78O6/c1-4-7-10-13-16-19-21-23-24-25-27-28-31-34-37-40-43-49(52)55-46-47(45-54-48(51)42-39-36-33-30-18-15-12-9-6-3)56-50(53)44-41-38-35-32-29-26-22-20-17-14-11-8-5-2/h8-9,11-12,14,17-18,20,22,24-26,29-30,32,35-36,39,47H,4-7,10,13,15-16,19,21,23,27-28,31,33-34,37-38,40-46H2,1-3H3/b11-8-,12-9-,17-14-,22-20-,25-24-,29-26-,30-18-,35-32-,39-36-. The van der Waals surface area contributed by atoms with Gasteiger partial charge in [-0.05, 0) is 70.6 Å². The van der Waals surface area contributed by atoms with E-state index in [9.17, 15) is 14.4 Å². The van der Waals surface area contributed by atoms with Crippen molar-refractivity contribution < 1.29 is 28.6 Å². The number of hydrogen-bond acceptors (Lipinski definition) is 6. The van der Waals surface area contributed by atoms with Crippen LogP contribution in [0, 0.1) is 0 Å². The van der Waals surface area contributed by atoms with Gasteiger partial charge in [0.05, 0.1) is 6.42 Å². The van der Waals surface area contributed by atoms with Crippen molar-refractivity contribution in [3.8, 4) is 0 Å². The number of carbonyl (C=O) groups excluding carboxylic acids is 3. The summed E-state index contributed by atoms with van der Waals surface area (Å²) in [7, 11) is 0. The van der Waals surface area contributed by atoms with E-state index in [1.54, 1.807) is 6.08 Å². The summed E-state index contributed by atoms with van der Waals surface area (Å²) in [5, 5.41) is 0. The lowest BCUT2D eigenvalue weighted by Gasteiger charge is -2.18. The van der Waals surface area contributed by atoms with E-state index < -0.39 is 18.0 Å². The zero-order valence-electron chi connectivity index (χ0n) is 35.6. The molecular formula is C50H78O6. The predicted octanol–water partition coefficient (Wildman–Crippen LogP) is 14.0. The second-order valence-corrected chi connectivity index (χ2v) is 14.0. The summed E-state index contributed by atoms with van der Waals surface area (Å²) in [6, 6.07) is 0. The molecule has 0 aliphatic carbocycles. The smallest absolute Gasteiger partial charge is 0.309 e. The minimum Gasteiger partial charge on any atom is -0.462 e. The topological polar surface area (TPSA) is 78.9 Å². The average Bonchev–Trinajstić information content (AvgIpc) is 3.19. The molecule has 6 nitrogen and oxygen atoms in total. The van der Waals surface area contributed by atoms with Crippen molar-refractivity contribution in [2.24, 2.45) is 0 Å². The van der Waals surface area contributed by atoms with Crippen LogP contribution in [0.4, 0.5) is 0 Å². The van der Waals surface area contributed by atoms with Crippen molar-refractivity contribution in [2.75, 3.05) is 13.2 Å². The maximum atomic E-state index is 12.6. The first-order valence-corrected chi connectivity index (χ1v) is 22.0. The number of unbranched alkanes of at least 4 members (excludes halogenated alkanes) is 13. The fraction of sp³-hybridized carbons (Fsp3) is 0.580. The lowest BCUT2D eigenvalue weighted by Crippen LogP contribution is -2.30. The Morgan fingerprint density at radius 3 is 1.48 bits per heavy atom. The van der Waals surface area contributed by atoms with Crippen LogP contribution in [-0.2, 0) is 28.6 Å². The molecule has 6 heteroatoms. The summed E-state index contributed by atoms with van der Waals surface area (Å²) < 4.78 is 16.5. The van der Waals surface area contributed by atoms with Gasteiger partial charge in [0.1, 0.15) is 13.2 Å². The molecule has 0 aliphatic heterocycles. The normalized spacial score (nSPS) is 13.1. The third kappa shape index (κ3) is 41.2. The molecule has 0 rings (SSSR count). The van der Waals surface area contributed by atoms with Crippen LogP contribution in [0.15, 0.2) is 109 Å². The predicted molar refractivity (Wildman–Crippen MR) is 237 cm³/mol. The van der Waals surface area contributed by atoms with Gasteiger partial charge in [-0.1, -0.05) is 188 Å². The van der Waals surface area contributed by atoms with Crippen molar-refractivity contribution in [3.63, 3.8) is 0 Å². The number of carbonyl (C=O) groups is 3. The summed E-state index contributed by atoms with van der Waals surface area (Å²) in [6.07, 6.45) is 58.3. The Balaban J connectivity index is 4.55. The first kappa shape index (κ1) is 52.1. The van der Waals surface area contributed by atoms with Crippen LogP contribution in [0.1, 0.15) is 168 Å². The van der Waals surface area contributed by atoms with Gasteiger partial charge in [-0.25, -0.2) is 0 Å². The molecule has 0 aliphatic rings. The molecule has 0 bridgehead atoms. The zero-order chi connectivity index (χ0) is 40.8. The van der Waals surface area contributed by atoms with E-state index in [1.165, 1.54) is 57.8 Å². The van der Waals surface area contributed by atoms with Crippen molar-refractivity contribution >= 4 is 17.9 Å². The fourth-order valence-corrected chi connectivity index (χ4v) is 5.41. The molecule has 0 heterocycles. The van der Waals surface area contributed by atoms with Crippen LogP contribution in [0.2, 0.25) is 0 Å². The van der Waals surface area contributed by atoms with Crippen LogP contribution < -0.4 is 0 Å². The van der Waals surface area contributed by atoms with Crippen LogP contribution >= 0.6 is 0 Å². The average molecular weight is 775 g/mol. The second kappa shape index (κ2) is 43.8. The molecule has 0 saturated heterocycles. The van der Waals surface area contributed by atoms with E-state index in [-0.39, 0.29) is 32.0 Å². The zero-order valence-corrected chi connectivity index (χ0v) is 35.6. The van der Waals surface area contributed by atoms with Gasteiger partial charge in [-0.2, -0.15) is 0 Å². The monoisotopic (exact) mass is 775 g/mol. The highest BCUT2D eigenvalue weighted by molar-refractivity contribution is 5.72. The molecule has 0 N–H and O–H groups in total. The first-order valence-electron chi connectivity index (χ1n) is 22.0. The van der Waals surface area contributed by atoms with E-state index >= 15 is 0 Å². The SMILES string of the molecule is CC\C=C/C=C\C=C/C=C\C=C/CCCC(=O)OC(COC(=O)C/C=C\C/C=C\C/C=C\CC)COC(=O)CCCCCCC/C=C\CCCCCCCCC. The molecule has 0 spiro atoms. The summed E-state index contributed by atoms with van der Waals surface area (Å²) >= 11 is 0. The second-order valence-electron chi connectivity index (χ2n) is 14.0. The van der Waals surface area contributed by atoms with Gasteiger partial charge >= 0.3 is 17.9 Å². The van der Waals surface area contributed by atoms with Gasteiger partial charge in [0.15, 0.2) is 6.10 Å². The number of hydrogen-bond donors (Lipinski definition) is 0. The van der Waals surface area contributed by atoms with E-state index in [0.717, 1.165) is 57.8 Å². The van der Waals surface area contributed by atoms with Crippen LogP contribution in [0.3, 0.4) is 0 Å². The Morgan fingerprint density at radius 1 is 0.411 bits per heavy atom. The van der Waals surface area contributed by atoms with Crippen molar-refractivity contribution in [1.29, 1.82) is 0 Å². The molecule has 0 aromatic heterocycles. The summed E-state index contributed by atoms with van der Waals surface area (Å²) in [6.45, 7) is 6.17. The van der Waals surface area contributed by atoms with Gasteiger partial charge < -0.3 is 14.2 Å². The van der Waals surface area contributed by atoms with E-state index in [1.807, 2.05) is 60.8 Å². The largest absolute Gasteiger partial charge is 0.462 e. The van der Waals surface area contributed by atoms with Crippen LogP contribution in [0.25, 0.3) is 0 Å². The Hall–Kier alpha value is -3.93. The molecule has 0 amide bonds. The van der Waals surface area contributed by atoms with Gasteiger partial charge in [0.25, 0.3) is 0 Å². The highest BCUT2D eigenvalue weighted by atomic mass is 16.6. The third-order valence-corrected chi connectivity index (χ3v) is 8.65. The molecule has 0 saturated carbocycles. The molecule has 1 atom stereocenters. The van der Waals surface area contributed by atoms with Crippen molar-refractivity contribution in [2.45, 2.75) is 175 Å². The Labute approximate surface area is 342 Å². The van der Waals surface area contributed by atoms with Crippen LogP contribution in [0.5, 0.6) is 0 Å². The maximum absolute atomic E-state index is 12.6. The number of ether oxygens (including phenoxy) is 3. The molecule has 0 aromatic carbocycles. The number of rotatable bonds is 37. The summed E-state index contributed by atoms with van der Waals surface area (Å²) in [5.74, 6) is -1.17. The minimum absolute atomic E-state index is 0.114. The highest BCUT2D eigenvalue weighted by Gasteiger charge is 2.19. The third-order valence-electron chi connectivity index (χ3n) is 8.65. The Kier molecular flexibility index (Phi) is 40.7. The van der Waals surface area contributed by atoms with Gasteiger partial charge in [-0.15, -0.1) is 0 Å². The Bertz CT molecular complexity index is 1210. The molecule has 0 radical (unpaired) electrons. The lowest BCUT2D eigenvalue weighted by atomic mass is 10.1. The van der Waals surface area contributed by atoms with Gasteiger partial charge in [-0.3, -0.25) is 14.4 Å². The Morgan fingerprint density at radius 2 is 0.875 bits per heavy atom. The molecule has 0 fully saturated rings. The minimum atomic E-state index is -0.853. The first-order chi connectivity index (χ1) is 27.5. The highest BCUT2D eigenvalue weighted by Crippen LogP contribution is 2.12. The fourth-order valence-electron chi connectivity index (χ4n) is 5.41. The lowest BCUT2D eigenvalue weighted by molar-refractivity contribution is -0.166. The number of esters is 3. The van der Waals surface area contributed by atoms with E-state index in [4.69, 9.17) is 14.2 Å². The van der Waals surface area contributed by atoms with E-state index in [2.05, 4.69) is 63.3 Å². The quantitative estimate of drug-likeness (QED) is 0.0206.